The maximum atomic E-state index is 11.5. The molecule has 0 saturated carbocycles. The van der Waals surface area contributed by atoms with Crippen molar-refractivity contribution in [3.05, 3.63) is 0 Å². The lowest BCUT2D eigenvalue weighted by Crippen LogP contribution is -2.31. The van der Waals surface area contributed by atoms with Gasteiger partial charge in [0.25, 0.3) is 0 Å². The largest absolute Gasteiger partial charge is 0.359 e. The average molecular weight is 278 g/mol. The second kappa shape index (κ2) is 9.65. The van der Waals surface area contributed by atoms with Crippen molar-refractivity contribution in [3.63, 3.8) is 0 Å². The predicted octanol–water partition coefficient (Wildman–Crippen LogP) is 1.81. The molecule has 0 radical (unpaired) electrons. The Labute approximate surface area is 111 Å². The molecule has 2 amide bonds. The Hall–Kier alpha value is -0.360. The van der Waals surface area contributed by atoms with Crippen molar-refractivity contribution in [2.45, 2.75) is 44.9 Å². The van der Waals surface area contributed by atoms with Gasteiger partial charge >= 0.3 is 0 Å². The van der Waals surface area contributed by atoms with Gasteiger partial charge in [0.2, 0.25) is 11.8 Å². The highest BCUT2D eigenvalue weighted by Crippen LogP contribution is 2.28. The van der Waals surface area contributed by atoms with Crippen molar-refractivity contribution >= 4 is 33.4 Å². The third kappa shape index (κ3) is 10.5. The van der Waals surface area contributed by atoms with Crippen molar-refractivity contribution in [3.8, 4) is 0 Å². The van der Waals surface area contributed by atoms with Gasteiger partial charge in [-0.1, -0.05) is 28.5 Å². The van der Waals surface area contributed by atoms with E-state index in [2.05, 4.69) is 10.6 Å². The van der Waals surface area contributed by atoms with Crippen LogP contribution in [0.15, 0.2) is 0 Å². The first-order valence-electron chi connectivity index (χ1n) is 5.74. The SMILES string of the molecule is CNC(=O)CCSSC(C)CC(=O)NC(C)C. The normalized spacial score (nSPS) is 12.3. The molecule has 0 rings (SSSR count). The fourth-order valence-electron chi connectivity index (χ4n) is 1.10. The molecule has 0 aliphatic rings. The minimum atomic E-state index is 0.0586. The topological polar surface area (TPSA) is 58.2 Å². The molecule has 0 fully saturated rings. The van der Waals surface area contributed by atoms with Gasteiger partial charge in [-0.15, -0.1) is 0 Å². The van der Waals surface area contributed by atoms with Crippen molar-refractivity contribution in [1.29, 1.82) is 0 Å². The summed E-state index contributed by atoms with van der Waals surface area (Å²) in [6.07, 6.45) is 1.05. The Kier molecular flexibility index (Phi) is 9.44. The Balaban J connectivity index is 3.55. The number of rotatable bonds is 8. The first kappa shape index (κ1) is 16.6. The van der Waals surface area contributed by atoms with Crippen LogP contribution in [-0.4, -0.2) is 35.9 Å². The molecule has 0 aromatic carbocycles. The summed E-state index contributed by atoms with van der Waals surface area (Å²) in [4.78, 5) is 22.4. The first-order valence-corrected chi connectivity index (χ1v) is 8.12. The molecule has 17 heavy (non-hydrogen) atoms. The van der Waals surface area contributed by atoms with Gasteiger partial charge in [0.1, 0.15) is 0 Å². The van der Waals surface area contributed by atoms with E-state index in [4.69, 9.17) is 0 Å². The molecule has 4 nitrogen and oxygen atoms in total. The highest BCUT2D eigenvalue weighted by atomic mass is 33.1. The van der Waals surface area contributed by atoms with Crippen molar-refractivity contribution in [2.75, 3.05) is 12.8 Å². The number of nitrogens with one attached hydrogen (secondary N) is 2. The molecule has 0 aromatic rings. The van der Waals surface area contributed by atoms with Crippen LogP contribution in [0.2, 0.25) is 0 Å². The summed E-state index contributed by atoms with van der Waals surface area (Å²) in [6.45, 7) is 5.93. The molecule has 6 heteroatoms. The van der Waals surface area contributed by atoms with Crippen molar-refractivity contribution in [2.24, 2.45) is 0 Å². The van der Waals surface area contributed by atoms with Crippen LogP contribution in [0.25, 0.3) is 0 Å². The van der Waals surface area contributed by atoms with E-state index < -0.39 is 0 Å². The molecular weight excluding hydrogens is 256 g/mol. The summed E-state index contributed by atoms with van der Waals surface area (Å²) in [5.41, 5.74) is 0. The zero-order valence-electron chi connectivity index (χ0n) is 10.9. The van der Waals surface area contributed by atoms with Crippen LogP contribution in [0.1, 0.15) is 33.6 Å². The smallest absolute Gasteiger partial charge is 0.221 e. The van der Waals surface area contributed by atoms with Gasteiger partial charge in [-0.05, 0) is 13.8 Å². The van der Waals surface area contributed by atoms with E-state index in [1.165, 1.54) is 0 Å². The van der Waals surface area contributed by atoms with Crippen LogP contribution < -0.4 is 10.6 Å². The quantitative estimate of drug-likeness (QED) is 0.525. The zero-order chi connectivity index (χ0) is 13.3. The monoisotopic (exact) mass is 278 g/mol. The molecule has 1 atom stereocenters. The van der Waals surface area contributed by atoms with Gasteiger partial charge in [-0.25, -0.2) is 0 Å². The van der Waals surface area contributed by atoms with Crippen molar-refractivity contribution in [1.82, 2.24) is 10.6 Å². The van der Waals surface area contributed by atoms with Crippen LogP contribution in [-0.2, 0) is 9.59 Å². The Bertz CT molecular complexity index is 248. The Morgan fingerprint density at radius 1 is 1.18 bits per heavy atom. The molecule has 0 heterocycles. The fourth-order valence-corrected chi connectivity index (χ4v) is 3.36. The number of carbonyl (C=O) groups is 2. The minimum Gasteiger partial charge on any atom is -0.359 e. The molecule has 2 N–H and O–H groups in total. The first-order chi connectivity index (χ1) is 7.95. The molecule has 0 aliphatic carbocycles. The van der Waals surface area contributed by atoms with Gasteiger partial charge in [-0.2, -0.15) is 0 Å². The van der Waals surface area contributed by atoms with E-state index in [9.17, 15) is 9.59 Å². The van der Waals surface area contributed by atoms with Crippen LogP contribution in [0.3, 0.4) is 0 Å². The van der Waals surface area contributed by atoms with Gasteiger partial charge < -0.3 is 10.6 Å². The third-order valence-electron chi connectivity index (χ3n) is 1.85. The fraction of sp³-hybridized carbons (Fsp3) is 0.818. The summed E-state index contributed by atoms with van der Waals surface area (Å²) in [5.74, 6) is 0.927. The number of hydrogen-bond donors (Lipinski definition) is 2. The second-order valence-electron chi connectivity index (χ2n) is 4.08. The lowest BCUT2D eigenvalue weighted by molar-refractivity contribution is -0.121. The molecule has 1 unspecified atom stereocenters. The lowest BCUT2D eigenvalue weighted by Gasteiger charge is -2.12. The number of hydrogen-bond acceptors (Lipinski definition) is 4. The Morgan fingerprint density at radius 3 is 2.35 bits per heavy atom. The molecule has 0 spiro atoms. The van der Waals surface area contributed by atoms with E-state index in [0.29, 0.717) is 12.8 Å². The molecule has 0 saturated heterocycles. The highest BCUT2D eigenvalue weighted by Gasteiger charge is 2.10. The molecule has 100 valence electrons. The summed E-state index contributed by atoms with van der Waals surface area (Å²) < 4.78 is 0. The van der Waals surface area contributed by atoms with Crippen LogP contribution in [0, 0.1) is 0 Å². The Morgan fingerprint density at radius 2 is 1.82 bits per heavy atom. The summed E-state index contributed by atoms with van der Waals surface area (Å²) in [6, 6.07) is 0.195. The van der Waals surface area contributed by atoms with Gasteiger partial charge in [0.15, 0.2) is 0 Å². The highest BCUT2D eigenvalue weighted by molar-refractivity contribution is 8.76. The standard InChI is InChI=1S/C11H22N2O2S2/c1-8(2)13-11(15)7-9(3)17-16-6-5-10(14)12-4/h8-9H,5-7H2,1-4H3,(H,12,14)(H,13,15). The van der Waals surface area contributed by atoms with E-state index >= 15 is 0 Å². The number of amides is 2. The third-order valence-corrected chi connectivity index (χ3v) is 4.74. The number of carbonyl (C=O) groups excluding carboxylic acids is 2. The predicted molar refractivity (Wildman–Crippen MR) is 76.1 cm³/mol. The second-order valence-corrected chi connectivity index (χ2v) is 7.00. The van der Waals surface area contributed by atoms with Crippen LogP contribution in [0.4, 0.5) is 0 Å². The molecular formula is C11H22N2O2S2. The van der Waals surface area contributed by atoms with E-state index in [0.717, 1.165) is 5.75 Å². The molecule has 0 aromatic heterocycles. The minimum absolute atomic E-state index is 0.0586. The van der Waals surface area contributed by atoms with E-state index in [-0.39, 0.29) is 23.1 Å². The van der Waals surface area contributed by atoms with Gasteiger partial charge in [-0.3, -0.25) is 9.59 Å². The summed E-state index contributed by atoms with van der Waals surface area (Å²) in [5, 5.41) is 5.71. The zero-order valence-corrected chi connectivity index (χ0v) is 12.5. The van der Waals surface area contributed by atoms with E-state index in [1.807, 2.05) is 20.8 Å². The maximum Gasteiger partial charge on any atom is 0.221 e. The van der Waals surface area contributed by atoms with E-state index in [1.54, 1.807) is 28.6 Å². The lowest BCUT2D eigenvalue weighted by atomic mass is 10.3. The van der Waals surface area contributed by atoms with Gasteiger partial charge in [0.05, 0.1) is 0 Å². The summed E-state index contributed by atoms with van der Waals surface area (Å²) >= 11 is 0. The molecule has 0 bridgehead atoms. The molecule has 0 aliphatic heterocycles. The van der Waals surface area contributed by atoms with Gasteiger partial charge in [0, 0.05) is 36.9 Å². The average Bonchev–Trinajstić information content (AvgIpc) is 2.22. The maximum absolute atomic E-state index is 11.5. The summed E-state index contributed by atoms with van der Waals surface area (Å²) in [7, 11) is 4.94. The van der Waals surface area contributed by atoms with Crippen LogP contribution in [0.5, 0.6) is 0 Å². The van der Waals surface area contributed by atoms with Crippen molar-refractivity contribution < 1.29 is 9.59 Å². The van der Waals surface area contributed by atoms with Crippen LogP contribution >= 0.6 is 21.6 Å².